The third-order valence-electron chi connectivity index (χ3n) is 1.66. The molecule has 0 radical (unpaired) electrons. The van der Waals surface area contributed by atoms with Gasteiger partial charge in [0.1, 0.15) is 5.82 Å². The summed E-state index contributed by atoms with van der Waals surface area (Å²) in [6, 6.07) is 6.81. The van der Waals surface area contributed by atoms with Gasteiger partial charge in [0.25, 0.3) is 0 Å². The molecule has 0 spiro atoms. The van der Waals surface area contributed by atoms with Gasteiger partial charge < -0.3 is 0 Å². The summed E-state index contributed by atoms with van der Waals surface area (Å²) in [5.41, 5.74) is 1.10. The Labute approximate surface area is 76.5 Å². The van der Waals surface area contributed by atoms with Gasteiger partial charge in [-0.25, -0.2) is 4.39 Å². The first-order valence-corrected chi connectivity index (χ1v) is 5.00. The van der Waals surface area contributed by atoms with E-state index in [0.29, 0.717) is 0 Å². The Morgan fingerprint density at radius 1 is 1.33 bits per heavy atom. The fourth-order valence-electron chi connectivity index (χ4n) is 0.996. The highest BCUT2D eigenvalue weighted by Gasteiger charge is 2.02. The predicted molar refractivity (Wildman–Crippen MR) is 51.5 cm³/mol. The fraction of sp³-hybridized carbons (Fsp3) is 0.333. The lowest BCUT2D eigenvalue weighted by molar-refractivity contribution is 0.625. The molecular weight excluding hydrogens is 173 g/mol. The lowest BCUT2D eigenvalue weighted by atomic mass is 10.1. The molecule has 0 fully saturated rings. The molecule has 12 heavy (non-hydrogen) atoms. The summed E-state index contributed by atoms with van der Waals surface area (Å²) in [6.07, 6.45) is 1.97. The van der Waals surface area contributed by atoms with E-state index in [1.807, 2.05) is 13.2 Å². The van der Waals surface area contributed by atoms with E-state index in [2.05, 4.69) is 4.72 Å². The minimum absolute atomic E-state index is 0.185. The van der Waals surface area contributed by atoms with Gasteiger partial charge in [0.05, 0.1) is 0 Å². The number of hydrogen-bond acceptors (Lipinski definition) is 2. The number of halogens is 1. The quantitative estimate of drug-likeness (QED) is 0.727. The van der Waals surface area contributed by atoms with E-state index < -0.39 is 0 Å². The largest absolute Gasteiger partial charge is 0.257 e. The summed E-state index contributed by atoms with van der Waals surface area (Å²) in [4.78, 5) is 0. The molecule has 0 heterocycles. The van der Waals surface area contributed by atoms with Gasteiger partial charge in [-0.3, -0.25) is 4.72 Å². The molecule has 66 valence electrons. The fourth-order valence-corrected chi connectivity index (χ4v) is 1.49. The Bertz CT molecular complexity index is 235. The second-order valence-electron chi connectivity index (χ2n) is 2.60. The van der Waals surface area contributed by atoms with Crippen LogP contribution in [0.1, 0.15) is 18.5 Å². The number of benzene rings is 1. The van der Waals surface area contributed by atoms with Gasteiger partial charge in [-0.15, -0.1) is 0 Å². The van der Waals surface area contributed by atoms with Crippen LogP contribution in [0.15, 0.2) is 24.3 Å². The van der Waals surface area contributed by atoms with Gasteiger partial charge in [-0.1, -0.05) is 24.1 Å². The molecule has 1 atom stereocenters. The smallest absolute Gasteiger partial charge is 0.123 e. The highest BCUT2D eigenvalue weighted by atomic mass is 32.2. The second-order valence-corrected chi connectivity index (χ2v) is 3.24. The van der Waals surface area contributed by atoms with Gasteiger partial charge >= 0.3 is 0 Å². The van der Waals surface area contributed by atoms with Crippen LogP contribution in [0.5, 0.6) is 0 Å². The summed E-state index contributed by atoms with van der Waals surface area (Å²) >= 11 is 1.57. The summed E-state index contributed by atoms with van der Waals surface area (Å²) < 4.78 is 15.7. The van der Waals surface area contributed by atoms with E-state index >= 15 is 0 Å². The maximum atomic E-state index is 12.5. The number of rotatable bonds is 3. The van der Waals surface area contributed by atoms with Gasteiger partial charge in [0.15, 0.2) is 0 Å². The maximum absolute atomic E-state index is 12.5. The van der Waals surface area contributed by atoms with Crippen molar-refractivity contribution in [3.63, 3.8) is 0 Å². The van der Waals surface area contributed by atoms with Gasteiger partial charge in [-0.2, -0.15) is 0 Å². The van der Waals surface area contributed by atoms with Crippen molar-refractivity contribution in [3.8, 4) is 0 Å². The zero-order valence-electron chi connectivity index (χ0n) is 7.17. The topological polar surface area (TPSA) is 12.0 Å². The zero-order chi connectivity index (χ0) is 8.97. The summed E-state index contributed by atoms with van der Waals surface area (Å²) in [7, 11) is 0. The van der Waals surface area contributed by atoms with Crippen molar-refractivity contribution < 1.29 is 4.39 Å². The van der Waals surface area contributed by atoms with Crippen LogP contribution >= 0.6 is 11.9 Å². The monoisotopic (exact) mass is 185 g/mol. The normalized spacial score (nSPS) is 12.9. The molecule has 1 nitrogen and oxygen atoms in total. The van der Waals surface area contributed by atoms with Crippen molar-refractivity contribution >= 4 is 11.9 Å². The SMILES string of the molecule is CSNC(C)c1ccc(F)cc1. The Morgan fingerprint density at radius 3 is 2.42 bits per heavy atom. The van der Waals surface area contributed by atoms with Crippen LogP contribution in [0.25, 0.3) is 0 Å². The third kappa shape index (κ3) is 2.50. The average molecular weight is 185 g/mol. The van der Waals surface area contributed by atoms with E-state index in [9.17, 15) is 4.39 Å². The molecule has 0 aliphatic heterocycles. The molecule has 0 amide bonds. The van der Waals surface area contributed by atoms with Gasteiger partial charge in [0, 0.05) is 6.04 Å². The summed E-state index contributed by atoms with van der Waals surface area (Å²) in [5, 5.41) is 0. The van der Waals surface area contributed by atoms with E-state index in [1.165, 1.54) is 12.1 Å². The molecule has 3 heteroatoms. The number of hydrogen-bond donors (Lipinski definition) is 1. The highest BCUT2D eigenvalue weighted by molar-refractivity contribution is 7.96. The first kappa shape index (κ1) is 9.55. The molecule has 0 aliphatic rings. The molecule has 0 saturated carbocycles. The molecule has 1 rings (SSSR count). The van der Waals surface area contributed by atoms with Crippen LogP contribution in [0.4, 0.5) is 4.39 Å². The highest BCUT2D eigenvalue weighted by Crippen LogP contribution is 2.14. The van der Waals surface area contributed by atoms with Crippen LogP contribution in [0.2, 0.25) is 0 Å². The maximum Gasteiger partial charge on any atom is 0.123 e. The van der Waals surface area contributed by atoms with Crippen molar-refractivity contribution in [1.82, 2.24) is 4.72 Å². The lowest BCUT2D eigenvalue weighted by Crippen LogP contribution is -2.09. The molecule has 0 saturated heterocycles. The molecule has 1 N–H and O–H groups in total. The third-order valence-corrected chi connectivity index (χ3v) is 2.25. The van der Waals surface area contributed by atoms with Gasteiger partial charge in [-0.05, 0) is 30.9 Å². The van der Waals surface area contributed by atoms with Crippen LogP contribution in [0, 0.1) is 5.82 Å². The standard InChI is InChI=1S/C9H12FNS/c1-7(11-12-2)8-3-5-9(10)6-4-8/h3-7,11H,1-2H3. The van der Waals surface area contributed by atoms with Gasteiger partial charge in [0.2, 0.25) is 0 Å². The minimum atomic E-state index is -0.185. The molecule has 0 aromatic heterocycles. The van der Waals surface area contributed by atoms with E-state index in [1.54, 1.807) is 24.1 Å². The van der Waals surface area contributed by atoms with Crippen LogP contribution in [0.3, 0.4) is 0 Å². The Morgan fingerprint density at radius 2 is 1.92 bits per heavy atom. The van der Waals surface area contributed by atoms with Crippen LogP contribution in [-0.2, 0) is 0 Å². The van der Waals surface area contributed by atoms with Crippen molar-refractivity contribution in [1.29, 1.82) is 0 Å². The van der Waals surface area contributed by atoms with Crippen molar-refractivity contribution in [2.75, 3.05) is 6.26 Å². The lowest BCUT2D eigenvalue weighted by Gasteiger charge is -2.10. The first-order chi connectivity index (χ1) is 5.74. The summed E-state index contributed by atoms with van der Waals surface area (Å²) in [5.74, 6) is -0.185. The molecule has 1 unspecified atom stereocenters. The van der Waals surface area contributed by atoms with Crippen LogP contribution < -0.4 is 4.72 Å². The number of nitrogens with one attached hydrogen (secondary N) is 1. The first-order valence-electron chi connectivity index (χ1n) is 3.78. The van der Waals surface area contributed by atoms with Crippen LogP contribution in [-0.4, -0.2) is 6.26 Å². The van der Waals surface area contributed by atoms with Crippen molar-refractivity contribution in [2.45, 2.75) is 13.0 Å². The van der Waals surface area contributed by atoms with E-state index in [0.717, 1.165) is 5.56 Å². The Balaban J connectivity index is 2.68. The minimum Gasteiger partial charge on any atom is -0.257 e. The summed E-state index contributed by atoms with van der Waals surface area (Å²) in [6.45, 7) is 2.05. The molecule has 0 aliphatic carbocycles. The van der Waals surface area contributed by atoms with E-state index in [4.69, 9.17) is 0 Å². The molecule has 1 aromatic carbocycles. The average Bonchev–Trinajstić information content (AvgIpc) is 2.06. The van der Waals surface area contributed by atoms with E-state index in [-0.39, 0.29) is 11.9 Å². The molecular formula is C9H12FNS. The Kier molecular flexibility index (Phi) is 3.56. The molecule has 1 aromatic rings. The van der Waals surface area contributed by atoms with Crippen molar-refractivity contribution in [3.05, 3.63) is 35.6 Å². The van der Waals surface area contributed by atoms with Crippen molar-refractivity contribution in [2.24, 2.45) is 0 Å². The Hall–Kier alpha value is -0.540. The second kappa shape index (κ2) is 4.48. The predicted octanol–water partition coefficient (Wildman–Crippen LogP) is 2.75. The molecule has 0 bridgehead atoms. The zero-order valence-corrected chi connectivity index (χ0v) is 7.99.